The zero-order chi connectivity index (χ0) is 20.8. The molecule has 1 amide bonds. The van der Waals surface area contributed by atoms with Gasteiger partial charge < -0.3 is 10.1 Å². The number of hydrogen-bond donors (Lipinski definition) is 1. The molecule has 29 heavy (non-hydrogen) atoms. The van der Waals surface area contributed by atoms with Gasteiger partial charge >= 0.3 is 6.61 Å². The molecule has 1 atom stereocenters. The van der Waals surface area contributed by atoms with Crippen LogP contribution in [0.25, 0.3) is 10.8 Å². The summed E-state index contributed by atoms with van der Waals surface area (Å²) in [6.07, 6.45) is 0. The molecule has 0 aliphatic heterocycles. The molecule has 0 aliphatic carbocycles. The molecule has 3 aromatic carbocycles. The van der Waals surface area contributed by atoms with Crippen molar-refractivity contribution >= 4 is 16.7 Å². The van der Waals surface area contributed by atoms with Gasteiger partial charge in [-0.3, -0.25) is 9.69 Å². The number of fused-ring (bicyclic) bond motifs is 1. The van der Waals surface area contributed by atoms with Crippen molar-refractivity contribution in [3.8, 4) is 5.75 Å². The number of halogens is 2. The summed E-state index contributed by atoms with van der Waals surface area (Å²) >= 11 is 0. The maximum atomic E-state index is 12.5. The number of benzene rings is 3. The number of likely N-dealkylation sites (N-methyl/N-ethyl adjacent to an activating group) is 1. The number of carbonyl (C=O) groups excluding carboxylic acids is 1. The Morgan fingerprint density at radius 2 is 1.72 bits per heavy atom. The fourth-order valence-electron chi connectivity index (χ4n) is 3.38. The van der Waals surface area contributed by atoms with Gasteiger partial charge in [0, 0.05) is 6.54 Å². The van der Waals surface area contributed by atoms with Crippen LogP contribution in [0, 0.1) is 0 Å². The van der Waals surface area contributed by atoms with Gasteiger partial charge in [-0.1, -0.05) is 54.6 Å². The third kappa shape index (κ3) is 5.74. The predicted molar refractivity (Wildman–Crippen MR) is 110 cm³/mol. The number of nitrogens with zero attached hydrogens (tertiary/aromatic N) is 1. The standard InChI is InChI=1S/C23H24F2N2O2/c1-16(20-9-5-7-18-6-3-4-8-21(18)20)26-22(28)15-27(2)14-17-10-12-19(13-11-17)29-23(24)25/h3-13,16,23H,14-15H2,1-2H3,(H,26,28)/t16-/m0/s1. The molecule has 0 saturated heterocycles. The molecule has 0 fully saturated rings. The van der Waals surface area contributed by atoms with Gasteiger partial charge in [-0.05, 0) is 48.0 Å². The SMILES string of the molecule is C[C@H](NC(=O)CN(C)Cc1ccc(OC(F)F)cc1)c1cccc2ccccc12. The minimum Gasteiger partial charge on any atom is -0.435 e. The lowest BCUT2D eigenvalue weighted by atomic mass is 10.00. The quantitative estimate of drug-likeness (QED) is 0.595. The first-order chi connectivity index (χ1) is 13.9. The maximum Gasteiger partial charge on any atom is 0.387 e. The van der Waals surface area contributed by atoms with Crippen LogP contribution in [-0.4, -0.2) is 31.0 Å². The smallest absolute Gasteiger partial charge is 0.387 e. The highest BCUT2D eigenvalue weighted by atomic mass is 19.3. The van der Waals surface area contributed by atoms with Gasteiger partial charge in [0.1, 0.15) is 5.75 Å². The third-order valence-corrected chi connectivity index (χ3v) is 4.68. The first kappa shape index (κ1) is 20.7. The topological polar surface area (TPSA) is 41.6 Å². The molecule has 0 bridgehead atoms. The molecule has 152 valence electrons. The largest absolute Gasteiger partial charge is 0.435 e. The fraction of sp³-hybridized carbons (Fsp3) is 0.261. The van der Waals surface area contributed by atoms with Crippen LogP contribution >= 0.6 is 0 Å². The summed E-state index contributed by atoms with van der Waals surface area (Å²) < 4.78 is 28.8. The molecule has 0 saturated carbocycles. The average molecular weight is 398 g/mol. The van der Waals surface area contributed by atoms with Gasteiger partial charge in [0.15, 0.2) is 0 Å². The Hall–Kier alpha value is -2.99. The molecule has 0 spiro atoms. The number of rotatable bonds is 8. The molecule has 4 nitrogen and oxygen atoms in total. The number of hydrogen-bond acceptors (Lipinski definition) is 3. The number of ether oxygens (including phenoxy) is 1. The lowest BCUT2D eigenvalue weighted by Gasteiger charge is -2.20. The van der Waals surface area contributed by atoms with E-state index in [0.29, 0.717) is 6.54 Å². The summed E-state index contributed by atoms with van der Waals surface area (Å²) in [7, 11) is 1.84. The molecule has 0 aromatic heterocycles. The number of alkyl halides is 2. The molecule has 0 heterocycles. The van der Waals surface area contributed by atoms with Crippen LogP contribution in [0.2, 0.25) is 0 Å². The van der Waals surface area contributed by atoms with Gasteiger partial charge in [0.05, 0.1) is 12.6 Å². The second-order valence-electron chi connectivity index (χ2n) is 7.05. The molecule has 0 unspecified atom stereocenters. The van der Waals surface area contributed by atoms with E-state index in [2.05, 4.69) is 28.3 Å². The summed E-state index contributed by atoms with van der Waals surface area (Å²) in [5.74, 6) is 0.0404. The van der Waals surface area contributed by atoms with E-state index in [9.17, 15) is 13.6 Å². The third-order valence-electron chi connectivity index (χ3n) is 4.68. The summed E-state index contributed by atoms with van der Waals surface area (Å²) in [6, 6.07) is 20.5. The fourth-order valence-corrected chi connectivity index (χ4v) is 3.38. The van der Waals surface area contributed by atoms with Crippen LogP contribution < -0.4 is 10.1 Å². The van der Waals surface area contributed by atoms with Gasteiger partial charge in [-0.25, -0.2) is 0 Å². The van der Waals surface area contributed by atoms with Crippen molar-refractivity contribution in [1.82, 2.24) is 10.2 Å². The number of amides is 1. The Kier molecular flexibility index (Phi) is 6.77. The minimum absolute atomic E-state index is 0.0782. The van der Waals surface area contributed by atoms with Crippen LogP contribution in [0.3, 0.4) is 0 Å². The van der Waals surface area contributed by atoms with Crippen LogP contribution in [-0.2, 0) is 11.3 Å². The van der Waals surface area contributed by atoms with E-state index < -0.39 is 6.61 Å². The Balaban J connectivity index is 1.55. The number of nitrogens with one attached hydrogen (secondary N) is 1. The van der Waals surface area contributed by atoms with Gasteiger partial charge in [-0.2, -0.15) is 8.78 Å². The van der Waals surface area contributed by atoms with Crippen molar-refractivity contribution in [1.29, 1.82) is 0 Å². The van der Waals surface area contributed by atoms with E-state index in [1.807, 2.05) is 43.1 Å². The van der Waals surface area contributed by atoms with Crippen molar-refractivity contribution in [3.05, 3.63) is 77.9 Å². The summed E-state index contributed by atoms with van der Waals surface area (Å²) in [6.45, 7) is -0.118. The van der Waals surface area contributed by atoms with Gasteiger partial charge in [-0.15, -0.1) is 0 Å². The zero-order valence-electron chi connectivity index (χ0n) is 16.4. The molecular formula is C23H24F2N2O2. The molecular weight excluding hydrogens is 374 g/mol. The predicted octanol–water partition coefficient (Wildman–Crippen LogP) is 4.75. The van der Waals surface area contributed by atoms with E-state index in [0.717, 1.165) is 21.9 Å². The lowest BCUT2D eigenvalue weighted by Crippen LogP contribution is -2.36. The second kappa shape index (κ2) is 9.47. The van der Waals surface area contributed by atoms with Crippen molar-refractivity contribution < 1.29 is 18.3 Å². The van der Waals surface area contributed by atoms with Crippen LogP contribution in [0.4, 0.5) is 8.78 Å². The Morgan fingerprint density at radius 3 is 2.45 bits per heavy atom. The normalized spacial score (nSPS) is 12.3. The Morgan fingerprint density at radius 1 is 1.03 bits per heavy atom. The Labute approximate surface area is 169 Å². The van der Waals surface area contributed by atoms with Crippen LogP contribution in [0.1, 0.15) is 24.1 Å². The molecule has 3 rings (SSSR count). The molecule has 1 N–H and O–H groups in total. The van der Waals surface area contributed by atoms with Crippen LogP contribution in [0.5, 0.6) is 5.75 Å². The summed E-state index contributed by atoms with van der Waals surface area (Å²) in [4.78, 5) is 14.4. The average Bonchev–Trinajstić information content (AvgIpc) is 2.68. The first-order valence-electron chi connectivity index (χ1n) is 9.41. The molecule has 0 radical (unpaired) electrons. The van der Waals surface area contributed by atoms with Gasteiger partial charge in [0.25, 0.3) is 0 Å². The highest BCUT2D eigenvalue weighted by molar-refractivity contribution is 5.87. The van der Waals surface area contributed by atoms with E-state index in [4.69, 9.17) is 0 Å². The summed E-state index contributed by atoms with van der Waals surface area (Å²) in [5, 5.41) is 5.32. The first-order valence-corrected chi connectivity index (χ1v) is 9.41. The van der Waals surface area contributed by atoms with Crippen molar-refractivity contribution in [2.75, 3.05) is 13.6 Å². The molecule has 6 heteroatoms. The van der Waals surface area contributed by atoms with Crippen LogP contribution in [0.15, 0.2) is 66.7 Å². The van der Waals surface area contributed by atoms with Gasteiger partial charge in [0.2, 0.25) is 5.91 Å². The Bertz CT molecular complexity index is 955. The van der Waals surface area contributed by atoms with E-state index in [1.165, 1.54) is 12.1 Å². The maximum absolute atomic E-state index is 12.5. The van der Waals surface area contributed by atoms with E-state index in [1.54, 1.807) is 12.1 Å². The highest BCUT2D eigenvalue weighted by Gasteiger charge is 2.14. The zero-order valence-corrected chi connectivity index (χ0v) is 16.4. The highest BCUT2D eigenvalue weighted by Crippen LogP contribution is 2.24. The summed E-state index contributed by atoms with van der Waals surface area (Å²) in [5.41, 5.74) is 1.98. The van der Waals surface area contributed by atoms with Crippen molar-refractivity contribution in [3.63, 3.8) is 0 Å². The minimum atomic E-state index is -2.84. The van der Waals surface area contributed by atoms with E-state index in [-0.39, 0.29) is 24.2 Å². The van der Waals surface area contributed by atoms with Crippen molar-refractivity contribution in [2.24, 2.45) is 0 Å². The lowest BCUT2D eigenvalue weighted by molar-refractivity contribution is -0.122. The monoisotopic (exact) mass is 398 g/mol. The van der Waals surface area contributed by atoms with Crippen molar-refractivity contribution in [2.45, 2.75) is 26.1 Å². The number of carbonyl (C=O) groups is 1. The second-order valence-corrected chi connectivity index (χ2v) is 7.05. The van der Waals surface area contributed by atoms with E-state index >= 15 is 0 Å². The molecule has 3 aromatic rings. The molecule has 0 aliphatic rings.